The lowest BCUT2D eigenvalue weighted by Gasteiger charge is -2.19. The number of carbonyl (C=O) groups is 2. The highest BCUT2D eigenvalue weighted by Crippen LogP contribution is 2.43. The number of nitrogens with two attached hydrogens (primary N) is 1. The molecule has 3 N–H and O–H groups in total. The first-order valence-electron chi connectivity index (χ1n) is 20.3. The van der Waals surface area contributed by atoms with E-state index in [2.05, 4.69) is 49.6 Å². The van der Waals surface area contributed by atoms with E-state index in [1.807, 2.05) is 0 Å². The normalized spacial score (nSPS) is 12.6. The van der Waals surface area contributed by atoms with Gasteiger partial charge in [-0.3, -0.25) is 18.6 Å². The molecule has 0 aromatic rings. The first-order chi connectivity index (χ1) is 24.8. The van der Waals surface area contributed by atoms with Gasteiger partial charge in [0.25, 0.3) is 0 Å². The number of carbonyl (C=O) groups excluding carboxylic acids is 2. The van der Waals surface area contributed by atoms with Crippen molar-refractivity contribution in [2.45, 2.75) is 187 Å². The number of ether oxygens (including phenoxy) is 2. The lowest BCUT2D eigenvalue weighted by atomic mass is 10.1. The van der Waals surface area contributed by atoms with Crippen molar-refractivity contribution < 1.29 is 37.6 Å². The van der Waals surface area contributed by atoms with Gasteiger partial charge in [0.15, 0.2) is 6.10 Å². The number of phosphoric ester groups is 1. The summed E-state index contributed by atoms with van der Waals surface area (Å²) in [5.41, 5.74) is 11.9. The summed E-state index contributed by atoms with van der Waals surface area (Å²) in [5, 5.41) is 0. The van der Waals surface area contributed by atoms with E-state index in [4.69, 9.17) is 24.3 Å². The van der Waals surface area contributed by atoms with Crippen molar-refractivity contribution in [3.05, 3.63) is 35.8 Å². The van der Waals surface area contributed by atoms with Gasteiger partial charge in [-0.2, -0.15) is 0 Å². The first-order valence-corrected chi connectivity index (χ1v) is 21.8. The number of unbranched alkanes of at least 4 members (excludes halogenated alkanes) is 20. The van der Waals surface area contributed by atoms with Gasteiger partial charge in [0.05, 0.1) is 13.2 Å². The Labute approximate surface area is 311 Å². The smallest absolute Gasteiger partial charge is 0.462 e. The van der Waals surface area contributed by atoms with Crippen LogP contribution in [0.2, 0.25) is 0 Å². The highest BCUT2D eigenvalue weighted by atomic mass is 31.2. The van der Waals surface area contributed by atoms with E-state index in [9.17, 15) is 19.0 Å². The predicted molar refractivity (Wildman–Crippen MR) is 208 cm³/mol. The zero-order chi connectivity index (χ0) is 37.5. The van der Waals surface area contributed by atoms with Crippen LogP contribution in [-0.2, 0) is 32.7 Å². The molecule has 0 rings (SSSR count). The summed E-state index contributed by atoms with van der Waals surface area (Å²) in [7, 11) is -4.38. The van der Waals surface area contributed by atoms with Crippen LogP contribution in [0.3, 0.4) is 0 Å². The molecular formula is C41H74NO8P. The topological polar surface area (TPSA) is 134 Å². The molecule has 0 aliphatic carbocycles. The third-order valence-corrected chi connectivity index (χ3v) is 9.34. The largest absolute Gasteiger partial charge is 0.472 e. The molecule has 0 aromatic carbocycles. The fraction of sp³-hybridized carbons (Fsp3) is 0.805. The second-order valence-electron chi connectivity index (χ2n) is 13.3. The fourth-order valence-corrected chi connectivity index (χ4v) is 6.06. The van der Waals surface area contributed by atoms with Gasteiger partial charge in [0, 0.05) is 19.4 Å². The molecule has 10 heteroatoms. The Morgan fingerprint density at radius 3 is 1.47 bits per heavy atom. The van der Waals surface area contributed by atoms with Crippen molar-refractivity contribution in [1.29, 1.82) is 0 Å². The SMILES string of the molecule is CCCCCCCC=C=CCCCCCCCC(=O)OC[C@H](COP(=O)(O)OCCN)OC(=O)CCCCCCCC=C=CCCCCCCC. The second-order valence-corrected chi connectivity index (χ2v) is 14.8. The number of rotatable bonds is 37. The molecule has 0 heterocycles. The molecule has 51 heavy (non-hydrogen) atoms. The van der Waals surface area contributed by atoms with Crippen LogP contribution in [0.25, 0.3) is 0 Å². The van der Waals surface area contributed by atoms with E-state index < -0.39 is 32.5 Å². The van der Waals surface area contributed by atoms with Gasteiger partial charge >= 0.3 is 19.8 Å². The zero-order valence-corrected chi connectivity index (χ0v) is 33.3. The Hall–Kier alpha value is -1.95. The maximum Gasteiger partial charge on any atom is 0.472 e. The molecule has 2 atom stereocenters. The van der Waals surface area contributed by atoms with Gasteiger partial charge in [-0.1, -0.05) is 104 Å². The third kappa shape index (κ3) is 37.6. The summed E-state index contributed by atoms with van der Waals surface area (Å²) in [6, 6.07) is 0. The van der Waals surface area contributed by atoms with Crippen molar-refractivity contribution in [1.82, 2.24) is 0 Å². The molecule has 0 saturated carbocycles. The molecule has 296 valence electrons. The molecule has 0 fully saturated rings. The van der Waals surface area contributed by atoms with Crippen LogP contribution in [0.5, 0.6) is 0 Å². The number of phosphoric acid groups is 1. The van der Waals surface area contributed by atoms with E-state index in [0.29, 0.717) is 12.8 Å². The number of allylic oxidation sites excluding steroid dienone is 2. The average Bonchev–Trinajstić information content (AvgIpc) is 3.11. The Kier molecular flexibility index (Phi) is 36.4. The second kappa shape index (κ2) is 37.8. The van der Waals surface area contributed by atoms with Crippen molar-refractivity contribution in [3.63, 3.8) is 0 Å². The number of hydrogen-bond acceptors (Lipinski definition) is 8. The molecule has 0 aliphatic heterocycles. The van der Waals surface area contributed by atoms with E-state index in [1.54, 1.807) is 0 Å². The summed E-state index contributed by atoms with van der Waals surface area (Å²) in [5.74, 6) is -0.871. The Bertz CT molecular complexity index is 1000. The van der Waals surface area contributed by atoms with Crippen LogP contribution in [0, 0.1) is 0 Å². The minimum atomic E-state index is -4.38. The van der Waals surface area contributed by atoms with Crippen LogP contribution in [-0.4, -0.2) is 49.3 Å². The van der Waals surface area contributed by atoms with Crippen LogP contribution in [0.1, 0.15) is 181 Å². The van der Waals surface area contributed by atoms with E-state index >= 15 is 0 Å². The molecule has 1 unspecified atom stereocenters. The summed E-state index contributed by atoms with van der Waals surface area (Å²) in [6.07, 6.45) is 34.8. The monoisotopic (exact) mass is 740 g/mol. The summed E-state index contributed by atoms with van der Waals surface area (Å²) < 4.78 is 32.7. The quantitative estimate of drug-likeness (QED) is 0.0276. The average molecular weight is 740 g/mol. The molecule has 0 spiro atoms. The fourth-order valence-electron chi connectivity index (χ4n) is 5.29. The zero-order valence-electron chi connectivity index (χ0n) is 32.4. The minimum Gasteiger partial charge on any atom is -0.462 e. The van der Waals surface area contributed by atoms with Gasteiger partial charge in [-0.05, 0) is 88.5 Å². The highest BCUT2D eigenvalue weighted by molar-refractivity contribution is 7.47. The van der Waals surface area contributed by atoms with Gasteiger partial charge < -0.3 is 20.1 Å². The maximum absolute atomic E-state index is 12.5. The van der Waals surface area contributed by atoms with Gasteiger partial charge in [0.1, 0.15) is 6.61 Å². The molecule has 0 amide bonds. The Balaban J connectivity index is 4.28. The molecule has 0 aromatic heterocycles. The lowest BCUT2D eigenvalue weighted by Crippen LogP contribution is -2.29. The van der Waals surface area contributed by atoms with E-state index in [-0.39, 0.29) is 32.6 Å². The summed E-state index contributed by atoms with van der Waals surface area (Å²) in [6.45, 7) is 3.64. The van der Waals surface area contributed by atoms with Crippen LogP contribution in [0.15, 0.2) is 35.8 Å². The molecule has 0 aliphatic rings. The molecule has 9 nitrogen and oxygen atoms in total. The van der Waals surface area contributed by atoms with Crippen LogP contribution < -0.4 is 5.73 Å². The van der Waals surface area contributed by atoms with Gasteiger partial charge in [-0.15, -0.1) is 11.5 Å². The molecular weight excluding hydrogens is 665 g/mol. The van der Waals surface area contributed by atoms with Crippen molar-refractivity contribution in [3.8, 4) is 0 Å². The predicted octanol–water partition coefficient (Wildman–Crippen LogP) is 11.1. The third-order valence-electron chi connectivity index (χ3n) is 8.36. The van der Waals surface area contributed by atoms with Crippen molar-refractivity contribution in [2.75, 3.05) is 26.4 Å². The number of hydrogen-bond donors (Lipinski definition) is 2. The maximum atomic E-state index is 12.5. The number of esters is 2. The van der Waals surface area contributed by atoms with E-state index in [0.717, 1.165) is 77.0 Å². The van der Waals surface area contributed by atoms with Gasteiger partial charge in [-0.25, -0.2) is 4.57 Å². The standard InChI is InChI=1S/C41H74NO8P/c1-3-5-7-9-11-13-15-17-19-21-23-25-27-29-31-33-40(43)47-37-39(38-49-51(45,46)48-36-35-42)50-41(44)34-32-30-28-26-24-22-20-18-16-14-12-10-8-6-4-2/h15-16,19-20,39H,3-14,21-38,42H2,1-2H3,(H,45,46)/t17?,18?,39-/m1/s1. The van der Waals surface area contributed by atoms with Gasteiger partial charge in [0.2, 0.25) is 0 Å². The van der Waals surface area contributed by atoms with Crippen LogP contribution in [0.4, 0.5) is 0 Å². The van der Waals surface area contributed by atoms with Crippen LogP contribution >= 0.6 is 7.82 Å². The van der Waals surface area contributed by atoms with E-state index in [1.165, 1.54) is 64.2 Å². The van der Waals surface area contributed by atoms with Crippen molar-refractivity contribution in [2.24, 2.45) is 5.73 Å². The molecule has 0 bridgehead atoms. The first kappa shape index (κ1) is 49.0. The lowest BCUT2D eigenvalue weighted by molar-refractivity contribution is -0.161. The molecule has 0 radical (unpaired) electrons. The Morgan fingerprint density at radius 1 is 0.608 bits per heavy atom. The summed E-state index contributed by atoms with van der Waals surface area (Å²) in [4.78, 5) is 34.8. The minimum absolute atomic E-state index is 0.0463. The highest BCUT2D eigenvalue weighted by Gasteiger charge is 2.25. The molecule has 0 saturated heterocycles. The van der Waals surface area contributed by atoms with Crippen molar-refractivity contribution >= 4 is 19.8 Å². The Morgan fingerprint density at radius 2 is 1.02 bits per heavy atom. The summed E-state index contributed by atoms with van der Waals surface area (Å²) >= 11 is 0.